The molecule has 2 amide bonds. The predicted molar refractivity (Wildman–Crippen MR) is 162 cm³/mol. The minimum atomic E-state index is -3.01. The molecule has 0 radical (unpaired) electrons. The van der Waals surface area contributed by atoms with Gasteiger partial charge < -0.3 is 15.2 Å². The molecule has 44 heavy (non-hydrogen) atoms. The van der Waals surface area contributed by atoms with Crippen molar-refractivity contribution < 1.29 is 33.0 Å². The van der Waals surface area contributed by atoms with Crippen LogP contribution in [0.25, 0.3) is 17.0 Å². The van der Waals surface area contributed by atoms with Crippen molar-refractivity contribution in [1.29, 1.82) is 0 Å². The van der Waals surface area contributed by atoms with E-state index in [9.17, 15) is 28.3 Å². The summed E-state index contributed by atoms with van der Waals surface area (Å²) in [6.07, 6.45) is 1.37. The summed E-state index contributed by atoms with van der Waals surface area (Å²) >= 11 is 0. The molecule has 0 spiro atoms. The predicted octanol–water partition coefficient (Wildman–Crippen LogP) is 3.99. The summed E-state index contributed by atoms with van der Waals surface area (Å²) in [5.74, 6) is -4.83. The number of aromatic nitrogens is 1. The fourth-order valence-electron chi connectivity index (χ4n) is 5.36. The number of pyridine rings is 1. The third-order valence-corrected chi connectivity index (χ3v) is 8.00. The van der Waals surface area contributed by atoms with Gasteiger partial charge in [-0.2, -0.15) is 0 Å². The Morgan fingerprint density at radius 1 is 1.09 bits per heavy atom. The Labute approximate surface area is 256 Å². The van der Waals surface area contributed by atoms with E-state index in [4.69, 9.17) is 4.74 Å². The van der Waals surface area contributed by atoms with E-state index in [1.165, 1.54) is 11.9 Å². The second-order valence-corrected chi connectivity index (χ2v) is 12.1. The third kappa shape index (κ3) is 8.80. The number of nitrogens with one attached hydrogen (secondary N) is 3. The fraction of sp³-hybridized carbons (Fsp3) is 0.562. The molecule has 1 saturated heterocycles. The highest BCUT2D eigenvalue weighted by Gasteiger charge is 2.34. The molecule has 0 saturated carbocycles. The number of carbonyl (C=O) groups is 3. The topological polar surface area (TPSA) is 133 Å². The van der Waals surface area contributed by atoms with E-state index < -0.39 is 67.0 Å². The highest BCUT2D eigenvalue weighted by molar-refractivity contribution is 5.90. The Hall–Kier alpha value is -3.48. The number of benzene rings is 1. The average molecular weight is 616 g/mol. The van der Waals surface area contributed by atoms with Crippen molar-refractivity contribution in [2.24, 2.45) is 5.92 Å². The summed E-state index contributed by atoms with van der Waals surface area (Å²) in [4.78, 5) is 44.1. The van der Waals surface area contributed by atoms with Crippen LogP contribution in [0.5, 0.6) is 0 Å². The summed E-state index contributed by atoms with van der Waals surface area (Å²) < 4.78 is 35.0. The highest BCUT2D eigenvalue weighted by Crippen LogP contribution is 2.28. The van der Waals surface area contributed by atoms with Crippen LogP contribution >= 0.6 is 0 Å². The number of halogens is 2. The van der Waals surface area contributed by atoms with Crippen molar-refractivity contribution in [2.75, 3.05) is 6.54 Å². The van der Waals surface area contributed by atoms with Crippen LogP contribution in [0, 0.1) is 5.92 Å². The Morgan fingerprint density at radius 3 is 2.59 bits per heavy atom. The van der Waals surface area contributed by atoms with Gasteiger partial charge in [-0.25, -0.2) is 19.2 Å². The zero-order valence-corrected chi connectivity index (χ0v) is 25.7. The molecular formula is C32H43F2N5O5. The lowest BCUT2D eigenvalue weighted by atomic mass is 10.0. The van der Waals surface area contributed by atoms with Crippen LogP contribution in [0.1, 0.15) is 83.6 Å². The summed E-state index contributed by atoms with van der Waals surface area (Å²) in [7, 11) is 0. The van der Waals surface area contributed by atoms with Crippen LogP contribution in [0.15, 0.2) is 36.4 Å². The summed E-state index contributed by atoms with van der Waals surface area (Å²) in [5, 5.41) is 18.1. The number of nitrogens with zero attached hydrogens (tertiary/aromatic N) is 2. The van der Waals surface area contributed by atoms with Gasteiger partial charge in [-0.1, -0.05) is 44.2 Å². The standard InChI is InChI=1S/C32H43F2N5O5/c1-19(2)28-29(41)35-20(3)30(42)39-17-7-9-25(38-39)31(43)44-21(4)24-13-12-23-11-10-22(18-26(23)36-24)8-5-6-15-32(33,34)16-14-27(40)37-28/h5,8,10-13,18-21,25,27-28,37-38,40H,6-7,9,14-17H2,1-4H3,(H,35,41). The molecule has 4 N–H and O–H groups in total. The van der Waals surface area contributed by atoms with E-state index in [1.54, 1.807) is 39.0 Å². The lowest BCUT2D eigenvalue weighted by Crippen LogP contribution is -2.61. The van der Waals surface area contributed by atoms with Gasteiger partial charge in [-0.15, -0.1) is 0 Å². The maximum atomic E-state index is 14.6. The van der Waals surface area contributed by atoms with Gasteiger partial charge in [0.15, 0.2) is 0 Å². The lowest BCUT2D eigenvalue weighted by Gasteiger charge is -2.35. The highest BCUT2D eigenvalue weighted by atomic mass is 19.3. The molecule has 4 rings (SSSR count). The molecule has 1 fully saturated rings. The normalized spacial score (nSPS) is 28.0. The maximum absolute atomic E-state index is 14.6. The molecule has 2 aliphatic heterocycles. The molecule has 10 nitrogen and oxygen atoms in total. The van der Waals surface area contributed by atoms with E-state index in [-0.39, 0.29) is 18.8 Å². The quantitative estimate of drug-likeness (QED) is 0.354. The number of rotatable bonds is 1. The number of aliphatic hydroxyl groups is 1. The van der Waals surface area contributed by atoms with Crippen LogP contribution in [0.4, 0.5) is 8.78 Å². The lowest BCUT2D eigenvalue weighted by molar-refractivity contribution is -0.157. The Bertz CT molecular complexity index is 1370. The van der Waals surface area contributed by atoms with Crippen LogP contribution in [-0.4, -0.2) is 69.7 Å². The zero-order chi connectivity index (χ0) is 32.0. The van der Waals surface area contributed by atoms with Crippen molar-refractivity contribution in [3.05, 3.63) is 47.7 Å². The van der Waals surface area contributed by atoms with Crippen molar-refractivity contribution in [3.63, 3.8) is 0 Å². The molecule has 1 aromatic heterocycles. The maximum Gasteiger partial charge on any atom is 0.325 e. The monoisotopic (exact) mass is 615 g/mol. The molecule has 1 aromatic carbocycles. The van der Waals surface area contributed by atoms with Gasteiger partial charge in [0.1, 0.15) is 24.4 Å². The molecule has 3 heterocycles. The van der Waals surface area contributed by atoms with Gasteiger partial charge in [0.05, 0.1) is 17.3 Å². The molecule has 5 bridgehead atoms. The van der Waals surface area contributed by atoms with E-state index in [0.29, 0.717) is 30.6 Å². The van der Waals surface area contributed by atoms with E-state index in [2.05, 4.69) is 21.0 Å². The second kappa shape index (κ2) is 14.5. The van der Waals surface area contributed by atoms with Gasteiger partial charge in [-0.05, 0) is 63.1 Å². The number of amides is 2. The van der Waals surface area contributed by atoms with E-state index in [1.807, 2.05) is 24.3 Å². The minimum Gasteiger partial charge on any atom is -0.455 e. The van der Waals surface area contributed by atoms with Crippen molar-refractivity contribution in [1.82, 2.24) is 26.1 Å². The first-order valence-electron chi connectivity index (χ1n) is 15.3. The molecule has 0 aliphatic carbocycles. The number of fused-ring (bicyclic) bond motifs is 4. The Morgan fingerprint density at radius 2 is 1.84 bits per heavy atom. The van der Waals surface area contributed by atoms with Crippen molar-refractivity contribution >= 4 is 34.8 Å². The van der Waals surface area contributed by atoms with Gasteiger partial charge in [0.2, 0.25) is 11.8 Å². The number of alkyl halides is 2. The van der Waals surface area contributed by atoms with Gasteiger partial charge >= 0.3 is 5.97 Å². The molecule has 5 unspecified atom stereocenters. The summed E-state index contributed by atoms with van der Waals surface area (Å²) in [5.41, 5.74) is 4.96. The first-order chi connectivity index (χ1) is 20.8. The average Bonchev–Trinajstić information content (AvgIpc) is 2.99. The Balaban J connectivity index is 1.57. The van der Waals surface area contributed by atoms with Gasteiger partial charge in [-0.3, -0.25) is 24.7 Å². The number of cyclic esters (lactones) is 1. The molecule has 12 heteroatoms. The van der Waals surface area contributed by atoms with Crippen molar-refractivity contribution in [2.45, 2.75) is 103 Å². The first kappa shape index (κ1) is 33.4. The number of ether oxygens (including phenoxy) is 1. The largest absolute Gasteiger partial charge is 0.455 e. The SMILES string of the molecule is CC1NC(=O)C(C(C)C)NC(O)CCC(F)(F)CCC=Cc2ccc3ccc(nc3c2)C(C)OC(=O)C2CCCN(N2)C1=O. The number of hydrogen-bond donors (Lipinski definition) is 4. The molecule has 2 aliphatic rings. The van der Waals surface area contributed by atoms with E-state index >= 15 is 0 Å². The van der Waals surface area contributed by atoms with Crippen molar-refractivity contribution in [3.8, 4) is 0 Å². The summed E-state index contributed by atoms with van der Waals surface area (Å²) in [6, 6.07) is 6.64. The first-order valence-corrected chi connectivity index (χ1v) is 15.3. The summed E-state index contributed by atoms with van der Waals surface area (Å²) in [6.45, 7) is 7.09. The minimum absolute atomic E-state index is 0.129. The smallest absolute Gasteiger partial charge is 0.325 e. The molecule has 5 atom stereocenters. The Kier molecular flexibility index (Phi) is 11.0. The van der Waals surface area contributed by atoms with Gasteiger partial charge in [0, 0.05) is 24.8 Å². The van der Waals surface area contributed by atoms with Crippen LogP contribution in [0.3, 0.4) is 0 Å². The third-order valence-electron chi connectivity index (χ3n) is 8.00. The molecule has 240 valence electrons. The van der Waals surface area contributed by atoms with Gasteiger partial charge in [0.25, 0.3) is 5.91 Å². The molecular weight excluding hydrogens is 572 g/mol. The number of allylic oxidation sites excluding steroid dienone is 1. The second-order valence-electron chi connectivity index (χ2n) is 12.1. The number of hydrazine groups is 1. The number of hydrogen-bond acceptors (Lipinski definition) is 8. The number of esters is 1. The van der Waals surface area contributed by atoms with E-state index in [0.717, 1.165) is 10.9 Å². The molecule has 2 aromatic rings. The number of aliphatic hydroxyl groups excluding tert-OH is 1. The van der Waals surface area contributed by atoms with Crippen LogP contribution < -0.4 is 16.1 Å². The van der Waals surface area contributed by atoms with Crippen LogP contribution in [-0.2, 0) is 19.1 Å². The fourth-order valence-corrected chi connectivity index (χ4v) is 5.36. The zero-order valence-electron chi connectivity index (χ0n) is 25.7. The van der Waals surface area contributed by atoms with Crippen LogP contribution in [0.2, 0.25) is 0 Å². The number of carbonyl (C=O) groups excluding carboxylic acids is 3.